The number of hydrogen-bond acceptors (Lipinski definition) is 7. The molecule has 0 spiro atoms. The minimum atomic E-state index is -3.36. The van der Waals surface area contributed by atoms with E-state index in [2.05, 4.69) is 14.9 Å². The number of halogens is 2. The van der Waals surface area contributed by atoms with Crippen molar-refractivity contribution in [1.82, 2.24) is 10.2 Å². The molecule has 0 bridgehead atoms. The molecule has 1 saturated heterocycles. The fourth-order valence-corrected chi connectivity index (χ4v) is 6.00. The molecule has 2 aliphatic rings. The number of carbonyl (C=O) groups excluding carboxylic acids is 2. The zero-order valence-electron chi connectivity index (χ0n) is 23.7. The third-order valence-corrected chi connectivity index (χ3v) is 8.67. The molecule has 0 aliphatic carbocycles. The van der Waals surface area contributed by atoms with Gasteiger partial charge in [0.15, 0.2) is 6.61 Å². The van der Waals surface area contributed by atoms with Gasteiger partial charge in [-0.3, -0.25) is 24.1 Å². The molecule has 228 valence electrons. The van der Waals surface area contributed by atoms with Crippen LogP contribution in [-0.2, 0) is 24.3 Å². The number of amides is 2. The van der Waals surface area contributed by atoms with Crippen LogP contribution in [0.25, 0.3) is 11.1 Å². The summed E-state index contributed by atoms with van der Waals surface area (Å²) in [5, 5.41) is 3.71. The van der Waals surface area contributed by atoms with E-state index in [9.17, 15) is 18.0 Å². The Balaban J connectivity index is 1.36. The third kappa shape index (κ3) is 7.60. The molecule has 10 nitrogen and oxygen atoms in total. The highest BCUT2D eigenvalue weighted by molar-refractivity contribution is 7.92. The number of benzene rings is 3. The van der Waals surface area contributed by atoms with Crippen LogP contribution in [0.2, 0.25) is 10.0 Å². The number of nitrogens with one attached hydrogen (secondary N) is 2. The van der Waals surface area contributed by atoms with Crippen molar-refractivity contribution in [2.75, 3.05) is 55.3 Å². The van der Waals surface area contributed by atoms with Crippen molar-refractivity contribution in [3.05, 3.63) is 76.3 Å². The van der Waals surface area contributed by atoms with E-state index < -0.39 is 16.1 Å². The third-order valence-electron chi connectivity index (χ3n) is 7.34. The van der Waals surface area contributed by atoms with Gasteiger partial charge >= 0.3 is 0 Å². The summed E-state index contributed by atoms with van der Waals surface area (Å²) in [4.78, 5) is 30.2. The van der Waals surface area contributed by atoms with Gasteiger partial charge in [-0.15, -0.1) is 0 Å². The van der Waals surface area contributed by atoms with Crippen LogP contribution in [0.1, 0.15) is 18.5 Å². The molecule has 2 atom stereocenters. The van der Waals surface area contributed by atoms with E-state index in [1.165, 1.54) is 11.0 Å². The summed E-state index contributed by atoms with van der Waals surface area (Å²) >= 11 is 12.4. The number of sulfonamides is 1. The van der Waals surface area contributed by atoms with Crippen molar-refractivity contribution in [3.8, 4) is 16.9 Å². The Morgan fingerprint density at radius 2 is 1.58 bits per heavy atom. The maximum absolute atomic E-state index is 13.7. The fourth-order valence-electron chi connectivity index (χ4n) is 5.13. The first-order valence-corrected chi connectivity index (χ1v) is 16.4. The van der Waals surface area contributed by atoms with Crippen molar-refractivity contribution >= 4 is 56.4 Å². The molecule has 43 heavy (non-hydrogen) atoms. The van der Waals surface area contributed by atoms with Crippen LogP contribution in [-0.4, -0.2) is 76.9 Å². The van der Waals surface area contributed by atoms with Gasteiger partial charge in [-0.05, 0) is 41.8 Å². The van der Waals surface area contributed by atoms with Gasteiger partial charge < -0.3 is 14.8 Å². The Bertz CT molecular complexity index is 1600. The predicted molar refractivity (Wildman–Crippen MR) is 167 cm³/mol. The predicted octanol–water partition coefficient (Wildman–Crippen LogP) is 4.34. The van der Waals surface area contributed by atoms with Crippen molar-refractivity contribution in [1.29, 1.82) is 0 Å². The highest BCUT2D eigenvalue weighted by Crippen LogP contribution is 2.39. The maximum Gasteiger partial charge on any atom is 0.265 e. The lowest BCUT2D eigenvalue weighted by Crippen LogP contribution is -2.53. The summed E-state index contributed by atoms with van der Waals surface area (Å²) in [5.74, 6) is -0.307. The van der Waals surface area contributed by atoms with E-state index in [4.69, 9.17) is 32.7 Å². The van der Waals surface area contributed by atoms with Gasteiger partial charge in [0.25, 0.3) is 5.91 Å². The Kier molecular flexibility index (Phi) is 9.48. The fraction of sp³-hybridized carbons (Fsp3) is 0.333. The van der Waals surface area contributed by atoms with Crippen LogP contribution < -0.4 is 19.7 Å². The van der Waals surface area contributed by atoms with Crippen LogP contribution >= 0.6 is 23.2 Å². The highest BCUT2D eigenvalue weighted by Gasteiger charge is 2.35. The second-order valence-corrected chi connectivity index (χ2v) is 13.1. The van der Waals surface area contributed by atoms with E-state index in [0.717, 1.165) is 36.0 Å². The molecule has 2 N–H and O–H groups in total. The van der Waals surface area contributed by atoms with Gasteiger partial charge in [-0.1, -0.05) is 59.6 Å². The first kappa shape index (κ1) is 31.1. The molecule has 2 amide bonds. The summed E-state index contributed by atoms with van der Waals surface area (Å²) in [5.41, 5.74) is 3.62. The minimum absolute atomic E-state index is 0.216. The van der Waals surface area contributed by atoms with E-state index in [1.807, 2.05) is 36.4 Å². The van der Waals surface area contributed by atoms with Crippen molar-refractivity contribution < 1.29 is 27.5 Å². The summed E-state index contributed by atoms with van der Waals surface area (Å²) in [6, 6.07) is 16.8. The summed E-state index contributed by atoms with van der Waals surface area (Å²) < 4.78 is 36.5. The minimum Gasteiger partial charge on any atom is -0.482 e. The lowest BCUT2D eigenvalue weighted by atomic mass is 9.99. The number of anilines is 2. The van der Waals surface area contributed by atoms with E-state index >= 15 is 0 Å². The van der Waals surface area contributed by atoms with Crippen molar-refractivity contribution in [2.24, 2.45) is 0 Å². The molecule has 2 heterocycles. The number of carbonyl (C=O) groups is 2. The average molecular weight is 648 g/mol. The molecule has 3 aromatic rings. The second kappa shape index (κ2) is 13.1. The van der Waals surface area contributed by atoms with Crippen LogP contribution in [0.5, 0.6) is 5.75 Å². The largest absolute Gasteiger partial charge is 0.482 e. The van der Waals surface area contributed by atoms with Crippen LogP contribution in [0.4, 0.5) is 11.4 Å². The van der Waals surface area contributed by atoms with Gasteiger partial charge in [-0.2, -0.15) is 0 Å². The molecule has 13 heteroatoms. The molecule has 3 aromatic carbocycles. The van der Waals surface area contributed by atoms with E-state index in [0.29, 0.717) is 41.9 Å². The normalized spacial score (nSPS) is 17.0. The smallest absolute Gasteiger partial charge is 0.265 e. The Hall–Kier alpha value is -3.35. The molecule has 5 rings (SSSR count). The number of rotatable bonds is 9. The topological polar surface area (TPSA) is 117 Å². The Labute approximate surface area is 260 Å². The van der Waals surface area contributed by atoms with Crippen molar-refractivity contribution in [2.45, 2.75) is 19.0 Å². The summed E-state index contributed by atoms with van der Waals surface area (Å²) in [6.07, 6.45) is 1.11. The lowest BCUT2D eigenvalue weighted by Gasteiger charge is -2.35. The highest BCUT2D eigenvalue weighted by atomic mass is 35.5. The SMILES string of the molecule is CC(C(=O)NC(CN1CCOCC1)c1ccc(-c2ccc(NS(C)(=O)=O)cc2)cc1)N1C(=O)COc2cc(Cl)c(Cl)cc21. The quantitative estimate of drug-likeness (QED) is 0.355. The Morgan fingerprint density at radius 3 is 2.21 bits per heavy atom. The zero-order chi connectivity index (χ0) is 30.7. The summed E-state index contributed by atoms with van der Waals surface area (Å²) in [6.45, 7) is 4.72. The van der Waals surface area contributed by atoms with Gasteiger partial charge in [0.2, 0.25) is 15.9 Å². The van der Waals surface area contributed by atoms with E-state index in [-0.39, 0.29) is 29.5 Å². The molecule has 0 saturated carbocycles. The van der Waals surface area contributed by atoms with Crippen LogP contribution in [0, 0.1) is 0 Å². The van der Waals surface area contributed by atoms with Gasteiger partial charge in [0.1, 0.15) is 11.8 Å². The monoisotopic (exact) mass is 646 g/mol. The lowest BCUT2D eigenvalue weighted by molar-refractivity contribution is -0.128. The van der Waals surface area contributed by atoms with Crippen LogP contribution in [0.3, 0.4) is 0 Å². The number of morpholine rings is 1. The zero-order valence-corrected chi connectivity index (χ0v) is 26.0. The van der Waals surface area contributed by atoms with Crippen molar-refractivity contribution in [3.63, 3.8) is 0 Å². The molecule has 2 aliphatic heterocycles. The molecule has 0 radical (unpaired) electrons. The molecule has 1 fully saturated rings. The first-order chi connectivity index (χ1) is 20.5. The standard InChI is InChI=1S/C30H32Cl2N4O6S/c1-19(36-27-15-24(31)25(32)16-28(27)42-18-29(36)37)30(38)33-26(17-35-11-13-41-14-12-35)22-5-3-20(4-6-22)21-7-9-23(10-8-21)34-43(2,39)40/h3-10,15-16,19,26,34H,11-14,17-18H2,1-2H3,(H,33,38). The first-order valence-electron chi connectivity index (χ1n) is 13.7. The average Bonchev–Trinajstić information content (AvgIpc) is 2.97. The van der Waals surface area contributed by atoms with E-state index in [1.54, 1.807) is 25.1 Å². The van der Waals surface area contributed by atoms with Crippen LogP contribution in [0.15, 0.2) is 60.7 Å². The molecule has 0 aromatic heterocycles. The van der Waals surface area contributed by atoms with Gasteiger partial charge in [-0.25, -0.2) is 8.42 Å². The van der Waals surface area contributed by atoms with Gasteiger partial charge in [0.05, 0.1) is 41.2 Å². The molecular formula is C30H32Cl2N4O6S. The number of fused-ring (bicyclic) bond motifs is 1. The summed E-state index contributed by atoms with van der Waals surface area (Å²) in [7, 11) is -3.36. The maximum atomic E-state index is 13.7. The number of hydrogen-bond donors (Lipinski definition) is 2. The second-order valence-electron chi connectivity index (χ2n) is 10.5. The Morgan fingerprint density at radius 1 is 0.977 bits per heavy atom. The number of ether oxygens (including phenoxy) is 2. The van der Waals surface area contributed by atoms with Gasteiger partial charge in [0, 0.05) is 31.4 Å². The molecule has 2 unspecified atom stereocenters. The number of nitrogens with zero attached hydrogens (tertiary/aromatic N) is 2. The molecular weight excluding hydrogens is 615 g/mol.